The van der Waals surface area contributed by atoms with Gasteiger partial charge in [0.05, 0.1) is 27.1 Å². The monoisotopic (exact) mass is 453 g/mol. The topological polar surface area (TPSA) is 46.9 Å². The summed E-state index contributed by atoms with van der Waals surface area (Å²) in [5, 5.41) is 7.15. The molecule has 0 bridgehead atoms. The third-order valence-corrected chi connectivity index (χ3v) is 6.48. The summed E-state index contributed by atoms with van der Waals surface area (Å²) < 4.78 is 3.58. The molecule has 0 saturated heterocycles. The SMILES string of the molecule is Cc1ccc(Cn2cc(NC(=O)c3cc(Br)c(Br)s3)cn2)cc1. The lowest BCUT2D eigenvalue weighted by Crippen LogP contribution is -2.09. The number of rotatable bonds is 4. The van der Waals surface area contributed by atoms with Crippen LogP contribution < -0.4 is 5.32 Å². The van der Waals surface area contributed by atoms with Crippen molar-refractivity contribution in [3.63, 3.8) is 0 Å². The van der Waals surface area contributed by atoms with Crippen molar-refractivity contribution in [2.45, 2.75) is 13.5 Å². The third-order valence-electron chi connectivity index (χ3n) is 3.23. The number of amides is 1. The first-order chi connectivity index (χ1) is 11.0. The van der Waals surface area contributed by atoms with Crippen LogP contribution in [0, 0.1) is 6.92 Å². The molecule has 3 aromatic rings. The van der Waals surface area contributed by atoms with E-state index in [2.05, 4.69) is 73.5 Å². The summed E-state index contributed by atoms with van der Waals surface area (Å²) in [6.07, 6.45) is 3.49. The summed E-state index contributed by atoms with van der Waals surface area (Å²) in [5.41, 5.74) is 3.08. The predicted octanol–water partition coefficient (Wildman–Crippen LogP) is 5.08. The van der Waals surface area contributed by atoms with Crippen LogP contribution in [0.1, 0.15) is 20.8 Å². The van der Waals surface area contributed by atoms with Gasteiger partial charge in [-0.1, -0.05) is 29.8 Å². The van der Waals surface area contributed by atoms with Crippen LogP contribution in [0.4, 0.5) is 5.69 Å². The molecule has 0 aliphatic carbocycles. The number of hydrogen-bond donors (Lipinski definition) is 1. The number of thiophene rings is 1. The standard InChI is InChI=1S/C16H13Br2N3OS/c1-10-2-4-11(5-3-10)8-21-9-12(7-19-21)20-16(22)14-6-13(17)15(18)23-14/h2-7,9H,8H2,1H3,(H,20,22). The second-order valence-electron chi connectivity index (χ2n) is 5.10. The molecule has 4 nitrogen and oxygen atoms in total. The van der Waals surface area contributed by atoms with Gasteiger partial charge < -0.3 is 5.32 Å². The fourth-order valence-corrected chi connectivity index (χ4v) is 3.98. The molecule has 1 N–H and O–H groups in total. The van der Waals surface area contributed by atoms with Gasteiger partial charge in [0.25, 0.3) is 5.91 Å². The van der Waals surface area contributed by atoms with Gasteiger partial charge in [-0.2, -0.15) is 5.10 Å². The van der Waals surface area contributed by atoms with Crippen molar-refractivity contribution in [1.82, 2.24) is 9.78 Å². The largest absolute Gasteiger partial charge is 0.319 e. The third kappa shape index (κ3) is 4.10. The van der Waals surface area contributed by atoms with Crippen molar-refractivity contribution in [2.24, 2.45) is 0 Å². The average molecular weight is 455 g/mol. The van der Waals surface area contributed by atoms with Gasteiger partial charge in [-0.15, -0.1) is 11.3 Å². The number of aryl methyl sites for hydroxylation is 1. The highest BCUT2D eigenvalue weighted by Crippen LogP contribution is 2.32. The molecule has 0 saturated carbocycles. The number of nitrogens with one attached hydrogen (secondary N) is 1. The van der Waals surface area contributed by atoms with Gasteiger partial charge in [-0.3, -0.25) is 9.48 Å². The van der Waals surface area contributed by atoms with Crippen LogP contribution in [0.25, 0.3) is 0 Å². The highest BCUT2D eigenvalue weighted by molar-refractivity contribution is 9.13. The van der Waals surface area contributed by atoms with Gasteiger partial charge in [0.1, 0.15) is 0 Å². The molecule has 2 heterocycles. The molecule has 118 valence electrons. The van der Waals surface area contributed by atoms with Gasteiger partial charge >= 0.3 is 0 Å². The number of hydrogen-bond acceptors (Lipinski definition) is 3. The minimum absolute atomic E-state index is 0.142. The first kappa shape index (κ1) is 16.4. The number of halogens is 2. The Morgan fingerprint density at radius 3 is 2.70 bits per heavy atom. The number of carbonyl (C=O) groups excluding carboxylic acids is 1. The summed E-state index contributed by atoms with van der Waals surface area (Å²) in [6, 6.07) is 10.1. The first-order valence-electron chi connectivity index (χ1n) is 6.85. The highest BCUT2D eigenvalue weighted by Gasteiger charge is 2.13. The van der Waals surface area contributed by atoms with Crippen molar-refractivity contribution >= 4 is 54.8 Å². The maximum Gasteiger partial charge on any atom is 0.265 e. The fourth-order valence-electron chi connectivity index (χ4n) is 2.05. The number of carbonyl (C=O) groups is 1. The molecule has 0 fully saturated rings. The lowest BCUT2D eigenvalue weighted by molar-refractivity contribution is 0.103. The highest BCUT2D eigenvalue weighted by atomic mass is 79.9. The normalized spacial score (nSPS) is 10.7. The average Bonchev–Trinajstić information content (AvgIpc) is 3.09. The summed E-state index contributed by atoms with van der Waals surface area (Å²) in [6.45, 7) is 2.73. The summed E-state index contributed by atoms with van der Waals surface area (Å²) in [7, 11) is 0. The van der Waals surface area contributed by atoms with Crippen molar-refractivity contribution in [1.29, 1.82) is 0 Å². The van der Waals surface area contributed by atoms with E-state index in [4.69, 9.17) is 0 Å². The van der Waals surface area contributed by atoms with E-state index in [1.165, 1.54) is 22.5 Å². The molecule has 0 aliphatic rings. The Morgan fingerprint density at radius 2 is 2.04 bits per heavy atom. The summed E-state index contributed by atoms with van der Waals surface area (Å²) in [5.74, 6) is -0.142. The molecule has 0 aliphatic heterocycles. The van der Waals surface area contributed by atoms with E-state index in [0.29, 0.717) is 17.1 Å². The Balaban J connectivity index is 1.67. The molecule has 0 spiro atoms. The lowest BCUT2D eigenvalue weighted by Gasteiger charge is -2.02. The second kappa shape index (κ2) is 6.98. The number of aromatic nitrogens is 2. The minimum atomic E-state index is -0.142. The number of nitrogens with zero attached hydrogens (tertiary/aromatic N) is 2. The Kier molecular flexibility index (Phi) is 4.99. The molecule has 0 radical (unpaired) electrons. The number of benzene rings is 1. The van der Waals surface area contributed by atoms with E-state index >= 15 is 0 Å². The Hall–Kier alpha value is -1.44. The fraction of sp³-hybridized carbons (Fsp3) is 0.125. The van der Waals surface area contributed by atoms with Crippen molar-refractivity contribution in [3.8, 4) is 0 Å². The van der Waals surface area contributed by atoms with Gasteiger partial charge in [-0.25, -0.2) is 0 Å². The van der Waals surface area contributed by atoms with Crippen molar-refractivity contribution < 1.29 is 4.79 Å². The second-order valence-corrected chi connectivity index (χ2v) is 8.32. The van der Waals surface area contributed by atoms with Crippen LogP contribution in [-0.2, 0) is 6.54 Å². The van der Waals surface area contributed by atoms with E-state index < -0.39 is 0 Å². The van der Waals surface area contributed by atoms with Crippen LogP contribution >= 0.6 is 43.2 Å². The zero-order valence-corrected chi connectivity index (χ0v) is 16.2. The molecule has 1 aromatic carbocycles. The molecule has 2 aromatic heterocycles. The van der Waals surface area contributed by atoms with Crippen LogP contribution in [0.5, 0.6) is 0 Å². The molecule has 3 rings (SSSR count). The van der Waals surface area contributed by atoms with Gasteiger partial charge in [-0.05, 0) is 50.4 Å². The van der Waals surface area contributed by atoms with Crippen LogP contribution in [0.3, 0.4) is 0 Å². The molecule has 1 amide bonds. The molecular weight excluding hydrogens is 442 g/mol. The summed E-state index contributed by atoms with van der Waals surface area (Å²) in [4.78, 5) is 12.8. The smallest absolute Gasteiger partial charge is 0.265 e. The summed E-state index contributed by atoms with van der Waals surface area (Å²) >= 11 is 8.16. The predicted molar refractivity (Wildman–Crippen MR) is 100 cm³/mol. The Morgan fingerprint density at radius 1 is 1.30 bits per heavy atom. The Bertz CT molecular complexity index is 820. The Labute approximate surface area is 154 Å². The van der Waals surface area contributed by atoms with E-state index in [-0.39, 0.29) is 5.91 Å². The number of anilines is 1. The molecule has 0 atom stereocenters. The van der Waals surface area contributed by atoms with Gasteiger partial charge in [0.2, 0.25) is 0 Å². The molecule has 23 heavy (non-hydrogen) atoms. The van der Waals surface area contributed by atoms with Crippen LogP contribution in [0.15, 0.2) is 51.0 Å². The lowest BCUT2D eigenvalue weighted by atomic mass is 10.1. The maximum absolute atomic E-state index is 12.2. The van der Waals surface area contributed by atoms with Crippen molar-refractivity contribution in [2.75, 3.05) is 5.32 Å². The van der Waals surface area contributed by atoms with Crippen molar-refractivity contribution in [3.05, 3.63) is 67.0 Å². The van der Waals surface area contributed by atoms with E-state index in [0.717, 1.165) is 8.26 Å². The van der Waals surface area contributed by atoms with Crippen LogP contribution in [-0.4, -0.2) is 15.7 Å². The minimum Gasteiger partial charge on any atom is -0.319 e. The quantitative estimate of drug-likeness (QED) is 0.597. The molecule has 7 heteroatoms. The van der Waals surface area contributed by atoms with E-state index in [1.807, 2.05) is 6.20 Å². The molecule has 0 unspecified atom stereocenters. The van der Waals surface area contributed by atoms with Gasteiger partial charge in [0.15, 0.2) is 0 Å². The van der Waals surface area contributed by atoms with Gasteiger partial charge in [0, 0.05) is 10.7 Å². The molecular formula is C16H13Br2N3OS. The van der Waals surface area contributed by atoms with Crippen LogP contribution in [0.2, 0.25) is 0 Å². The zero-order chi connectivity index (χ0) is 16.4. The maximum atomic E-state index is 12.2. The van der Waals surface area contributed by atoms with E-state index in [1.54, 1.807) is 16.9 Å². The first-order valence-corrected chi connectivity index (χ1v) is 9.26. The zero-order valence-electron chi connectivity index (χ0n) is 12.2. The van der Waals surface area contributed by atoms with E-state index in [9.17, 15) is 4.79 Å².